The Morgan fingerprint density at radius 2 is 2.11 bits per heavy atom. The van der Waals surface area contributed by atoms with Crippen LogP contribution >= 0.6 is 0 Å². The van der Waals surface area contributed by atoms with Crippen molar-refractivity contribution >= 4 is 12.3 Å². The Morgan fingerprint density at radius 1 is 1.32 bits per heavy atom. The van der Waals surface area contributed by atoms with Gasteiger partial charge in [-0.05, 0) is 30.5 Å². The molecule has 0 N–H and O–H groups in total. The predicted octanol–water partition coefficient (Wildman–Crippen LogP) is 4.19. The number of carbonyl (C=O) groups excluding carboxylic acids is 1. The smallest absolute Gasteiger partial charge is 0.416 e. The summed E-state index contributed by atoms with van der Waals surface area (Å²) in [5.74, 6) is -0.425. The largest absolute Gasteiger partial charge is 0.449 e. The molecule has 1 aromatic carbocycles. The van der Waals surface area contributed by atoms with Crippen LogP contribution in [-0.4, -0.2) is 47.8 Å². The fourth-order valence-electron chi connectivity index (χ4n) is 3.20. The standard InChI is InChI=1S/C19H21F4N3O2/c1-2-3-8-28-18(27)25-6-7-26-15(11-24-17(26)12-25)9-13-4-5-14(20)10-16(13)19(21,22)23/h4-5,10-12,15H,2-3,6-9H2,1H3. The zero-order valence-corrected chi connectivity index (χ0v) is 15.4. The van der Waals surface area contributed by atoms with Crippen LogP contribution in [0.25, 0.3) is 0 Å². The van der Waals surface area contributed by atoms with Gasteiger partial charge in [-0.15, -0.1) is 0 Å². The fraction of sp³-hybridized carbons (Fsp3) is 0.474. The Bertz CT molecular complexity index is 792. The van der Waals surface area contributed by atoms with Crippen molar-refractivity contribution in [3.05, 3.63) is 47.2 Å². The van der Waals surface area contributed by atoms with E-state index in [-0.39, 0.29) is 12.0 Å². The second-order valence-corrected chi connectivity index (χ2v) is 6.69. The molecule has 0 saturated carbocycles. The van der Waals surface area contributed by atoms with Gasteiger partial charge in [0.15, 0.2) is 0 Å². The molecule has 2 aliphatic heterocycles. The molecule has 3 rings (SSSR count). The van der Waals surface area contributed by atoms with Crippen molar-refractivity contribution in [3.8, 4) is 0 Å². The van der Waals surface area contributed by atoms with E-state index in [1.807, 2.05) is 11.8 Å². The van der Waals surface area contributed by atoms with Gasteiger partial charge in [-0.2, -0.15) is 13.2 Å². The lowest BCUT2D eigenvalue weighted by Gasteiger charge is -2.33. The molecule has 1 amide bonds. The number of fused-ring (bicyclic) bond motifs is 1. The summed E-state index contributed by atoms with van der Waals surface area (Å²) in [4.78, 5) is 19.5. The number of nitrogens with zero attached hydrogens (tertiary/aromatic N) is 3. The first-order valence-electron chi connectivity index (χ1n) is 9.11. The van der Waals surface area contributed by atoms with Gasteiger partial charge in [-0.3, -0.25) is 4.90 Å². The summed E-state index contributed by atoms with van der Waals surface area (Å²) in [5, 5.41) is 0. The number of alkyl halides is 3. The zero-order valence-electron chi connectivity index (χ0n) is 15.4. The minimum absolute atomic E-state index is 0.00741. The number of ether oxygens (including phenoxy) is 1. The first kappa shape index (κ1) is 20.2. The van der Waals surface area contributed by atoms with Gasteiger partial charge in [0.2, 0.25) is 0 Å². The second kappa shape index (κ2) is 8.20. The molecule has 0 spiro atoms. The molecule has 2 heterocycles. The molecule has 5 nitrogen and oxygen atoms in total. The molecule has 1 atom stereocenters. The number of hydrogen-bond acceptors (Lipinski definition) is 4. The van der Waals surface area contributed by atoms with E-state index >= 15 is 0 Å². The van der Waals surface area contributed by atoms with E-state index in [4.69, 9.17) is 4.74 Å². The van der Waals surface area contributed by atoms with Gasteiger partial charge in [0.1, 0.15) is 11.6 Å². The number of hydrogen-bond donors (Lipinski definition) is 0. The Kier molecular flexibility index (Phi) is 5.90. The van der Waals surface area contributed by atoms with Gasteiger partial charge in [0, 0.05) is 19.3 Å². The molecule has 0 saturated heterocycles. The summed E-state index contributed by atoms with van der Waals surface area (Å²) in [6.45, 7) is 3.11. The van der Waals surface area contributed by atoms with Crippen LogP contribution in [0.2, 0.25) is 0 Å². The predicted molar refractivity (Wildman–Crippen MR) is 95.1 cm³/mol. The highest BCUT2D eigenvalue weighted by molar-refractivity contribution is 5.72. The van der Waals surface area contributed by atoms with Gasteiger partial charge in [-0.25, -0.2) is 14.2 Å². The average Bonchev–Trinajstić information content (AvgIpc) is 3.04. The molecule has 152 valence electrons. The Hall–Kier alpha value is -2.58. The van der Waals surface area contributed by atoms with Crippen LogP contribution < -0.4 is 0 Å². The van der Waals surface area contributed by atoms with Crippen LogP contribution in [0.4, 0.5) is 22.4 Å². The Labute approximate surface area is 160 Å². The molecule has 0 aromatic heterocycles. The Balaban J connectivity index is 1.70. The van der Waals surface area contributed by atoms with Crippen LogP contribution in [0.15, 0.2) is 35.2 Å². The van der Waals surface area contributed by atoms with Crippen LogP contribution in [0.1, 0.15) is 30.9 Å². The monoisotopic (exact) mass is 399 g/mol. The van der Waals surface area contributed by atoms with Gasteiger partial charge in [0.25, 0.3) is 0 Å². The SMILES string of the molecule is CCCCOC(=O)N1C=C2N=CC(Cc3ccc(F)cc3C(F)(F)F)N2CC1. The maximum Gasteiger partial charge on any atom is 0.416 e. The number of halogens is 4. The molecule has 0 aliphatic carbocycles. The lowest BCUT2D eigenvalue weighted by atomic mass is 9.99. The van der Waals surface area contributed by atoms with Crippen LogP contribution in [0.3, 0.4) is 0 Å². The highest BCUT2D eigenvalue weighted by Gasteiger charge is 2.36. The topological polar surface area (TPSA) is 45.1 Å². The number of carbonyl (C=O) groups is 1. The molecule has 0 bridgehead atoms. The van der Waals surface area contributed by atoms with Crippen molar-refractivity contribution in [1.29, 1.82) is 0 Å². The number of unbranched alkanes of at least 4 members (excludes halogenated alkanes) is 1. The van der Waals surface area contributed by atoms with Gasteiger partial charge in [-0.1, -0.05) is 19.4 Å². The first-order valence-corrected chi connectivity index (χ1v) is 9.11. The highest BCUT2D eigenvalue weighted by atomic mass is 19.4. The van der Waals surface area contributed by atoms with Crippen molar-refractivity contribution in [3.63, 3.8) is 0 Å². The molecular weight excluding hydrogens is 378 g/mol. The normalized spacial score (nSPS) is 18.9. The highest BCUT2D eigenvalue weighted by Crippen LogP contribution is 2.34. The summed E-state index contributed by atoms with van der Waals surface area (Å²) in [7, 11) is 0. The van der Waals surface area contributed by atoms with Crippen molar-refractivity contribution in [2.45, 2.75) is 38.4 Å². The lowest BCUT2D eigenvalue weighted by molar-refractivity contribution is -0.138. The van der Waals surface area contributed by atoms with Crippen LogP contribution in [0.5, 0.6) is 0 Å². The third-order valence-corrected chi connectivity index (χ3v) is 4.69. The van der Waals surface area contributed by atoms with E-state index in [2.05, 4.69) is 4.99 Å². The molecule has 9 heteroatoms. The van der Waals surface area contributed by atoms with E-state index in [9.17, 15) is 22.4 Å². The molecule has 1 unspecified atom stereocenters. The van der Waals surface area contributed by atoms with Gasteiger partial charge < -0.3 is 9.64 Å². The van der Waals surface area contributed by atoms with E-state index in [0.29, 0.717) is 31.6 Å². The minimum atomic E-state index is -4.63. The quantitative estimate of drug-likeness (QED) is 0.551. The maximum absolute atomic E-state index is 13.3. The molecule has 0 radical (unpaired) electrons. The summed E-state index contributed by atoms with van der Waals surface area (Å²) in [5.41, 5.74) is -0.968. The maximum atomic E-state index is 13.3. The van der Waals surface area contributed by atoms with E-state index in [1.54, 1.807) is 12.4 Å². The van der Waals surface area contributed by atoms with Crippen LogP contribution in [-0.2, 0) is 17.3 Å². The minimum Gasteiger partial charge on any atom is -0.449 e. The second-order valence-electron chi connectivity index (χ2n) is 6.69. The summed E-state index contributed by atoms with van der Waals surface area (Å²) < 4.78 is 58.1. The zero-order chi connectivity index (χ0) is 20.3. The molecule has 2 aliphatic rings. The van der Waals surface area contributed by atoms with E-state index < -0.39 is 29.7 Å². The number of rotatable bonds is 5. The van der Waals surface area contributed by atoms with Crippen molar-refractivity contribution < 1.29 is 27.1 Å². The third-order valence-electron chi connectivity index (χ3n) is 4.69. The molecular formula is C19H21F4N3O2. The number of aliphatic imine (C=N–C) groups is 1. The summed E-state index contributed by atoms with van der Waals surface area (Å²) in [6, 6.07) is 2.31. The van der Waals surface area contributed by atoms with Crippen LogP contribution in [0, 0.1) is 5.82 Å². The fourth-order valence-corrected chi connectivity index (χ4v) is 3.20. The summed E-state index contributed by atoms with van der Waals surface area (Å²) >= 11 is 0. The Morgan fingerprint density at radius 3 is 2.82 bits per heavy atom. The lowest BCUT2D eigenvalue weighted by Crippen LogP contribution is -2.44. The van der Waals surface area contributed by atoms with E-state index in [1.165, 1.54) is 4.90 Å². The van der Waals surface area contributed by atoms with Crippen molar-refractivity contribution in [1.82, 2.24) is 9.80 Å². The molecule has 28 heavy (non-hydrogen) atoms. The van der Waals surface area contributed by atoms with E-state index in [0.717, 1.165) is 25.0 Å². The molecule has 0 fully saturated rings. The number of benzene rings is 1. The average molecular weight is 399 g/mol. The number of amides is 1. The first-order chi connectivity index (χ1) is 13.3. The van der Waals surface area contributed by atoms with Gasteiger partial charge in [0.05, 0.1) is 24.4 Å². The van der Waals surface area contributed by atoms with Crippen molar-refractivity contribution in [2.24, 2.45) is 4.99 Å². The summed E-state index contributed by atoms with van der Waals surface area (Å²) in [6.07, 6.45) is -0.259. The molecule has 1 aromatic rings. The third kappa shape index (κ3) is 4.45. The van der Waals surface area contributed by atoms with Crippen molar-refractivity contribution in [2.75, 3.05) is 19.7 Å². The van der Waals surface area contributed by atoms with Gasteiger partial charge >= 0.3 is 12.3 Å².